The van der Waals surface area contributed by atoms with Gasteiger partial charge in [-0.1, -0.05) is 48.5 Å². The molecule has 1 aliphatic heterocycles. The zero-order chi connectivity index (χ0) is 13.2. The Kier molecular flexibility index (Phi) is 2.95. The fourth-order valence-corrected chi connectivity index (χ4v) is 2.49. The summed E-state index contributed by atoms with van der Waals surface area (Å²) in [5.74, 6) is 0.593. The van der Waals surface area contributed by atoms with E-state index in [9.17, 15) is 0 Å². The maximum Gasteiger partial charge on any atom is 0.197 e. The molecule has 0 unspecified atom stereocenters. The molecule has 19 heavy (non-hydrogen) atoms. The predicted molar refractivity (Wildman–Crippen MR) is 78.1 cm³/mol. The molecule has 0 bridgehead atoms. The van der Waals surface area contributed by atoms with Gasteiger partial charge in [0.05, 0.1) is 11.7 Å². The molecule has 2 aromatic rings. The highest BCUT2D eigenvalue weighted by Crippen LogP contribution is 2.34. The van der Waals surface area contributed by atoms with Gasteiger partial charge < -0.3 is 10.6 Å². The maximum absolute atomic E-state index is 6.11. The molecule has 1 heterocycles. The Labute approximate surface area is 113 Å². The lowest BCUT2D eigenvalue weighted by Gasteiger charge is -2.34. The fourth-order valence-electron chi connectivity index (χ4n) is 2.49. The Morgan fingerprint density at radius 1 is 1.05 bits per heavy atom. The molecule has 3 heteroatoms. The molecule has 0 radical (unpaired) electrons. The lowest BCUT2D eigenvalue weighted by molar-refractivity contribution is 0.320. The van der Waals surface area contributed by atoms with Crippen LogP contribution in [0.15, 0.2) is 59.6 Å². The van der Waals surface area contributed by atoms with Crippen molar-refractivity contribution in [1.82, 2.24) is 4.90 Å². The molecule has 0 amide bonds. The number of nitrogens with two attached hydrogens (primary N) is 1. The van der Waals surface area contributed by atoms with E-state index in [-0.39, 0.29) is 6.04 Å². The van der Waals surface area contributed by atoms with Crippen LogP contribution < -0.4 is 5.73 Å². The first kappa shape index (κ1) is 11.8. The number of hydrogen-bond acceptors (Lipinski definition) is 3. The van der Waals surface area contributed by atoms with E-state index in [4.69, 9.17) is 5.73 Å². The van der Waals surface area contributed by atoms with Gasteiger partial charge in [-0.15, -0.1) is 0 Å². The molecule has 3 rings (SSSR count). The lowest BCUT2D eigenvalue weighted by Crippen LogP contribution is -2.40. The first-order chi connectivity index (χ1) is 9.25. The van der Waals surface area contributed by atoms with Crippen molar-refractivity contribution in [2.24, 2.45) is 10.7 Å². The number of hydrogen-bond donors (Lipinski definition) is 1. The van der Waals surface area contributed by atoms with E-state index in [2.05, 4.69) is 35.0 Å². The summed E-state index contributed by atoms with van der Waals surface area (Å²) in [5, 5.41) is 0. The van der Waals surface area contributed by atoms with Gasteiger partial charge in [-0.3, -0.25) is 0 Å². The largest absolute Gasteiger partial charge is 0.369 e. The van der Waals surface area contributed by atoms with Crippen molar-refractivity contribution in [2.45, 2.75) is 19.5 Å². The summed E-state index contributed by atoms with van der Waals surface area (Å²) in [6, 6.07) is 18.8. The highest BCUT2D eigenvalue weighted by molar-refractivity contribution is 5.84. The standard InChI is InChI=1S/C16H17N3/c1-12-14-9-5-6-10-15(14)18-16(17)19(12)11-13-7-3-2-4-8-13/h2-10,12H,11H2,1H3,(H2,17,18)/t12-/m0/s1. The number of fused-ring (bicyclic) bond motifs is 1. The summed E-state index contributed by atoms with van der Waals surface area (Å²) in [7, 11) is 0. The SMILES string of the molecule is C[C@H]1c2ccccc2N=C(N)N1Cc1ccccc1. The molecule has 0 saturated heterocycles. The average molecular weight is 251 g/mol. The van der Waals surface area contributed by atoms with E-state index in [1.807, 2.05) is 36.4 Å². The Hall–Kier alpha value is -2.29. The molecule has 3 nitrogen and oxygen atoms in total. The van der Waals surface area contributed by atoms with Crippen LogP contribution in [0.25, 0.3) is 0 Å². The van der Waals surface area contributed by atoms with Crippen LogP contribution in [-0.2, 0) is 6.54 Å². The summed E-state index contributed by atoms with van der Waals surface area (Å²) < 4.78 is 0. The normalized spacial score (nSPS) is 17.8. The Bertz CT molecular complexity index is 604. The molecule has 96 valence electrons. The van der Waals surface area contributed by atoms with Crippen LogP contribution >= 0.6 is 0 Å². The number of aliphatic imine (C=N–C) groups is 1. The average Bonchev–Trinajstić information content (AvgIpc) is 2.45. The van der Waals surface area contributed by atoms with E-state index in [0.29, 0.717) is 5.96 Å². The van der Waals surface area contributed by atoms with E-state index in [1.54, 1.807) is 0 Å². The van der Waals surface area contributed by atoms with Crippen LogP contribution in [0.3, 0.4) is 0 Å². The quantitative estimate of drug-likeness (QED) is 0.890. The van der Waals surface area contributed by atoms with E-state index < -0.39 is 0 Å². The molecule has 0 aromatic heterocycles. The lowest BCUT2D eigenvalue weighted by atomic mass is 10.0. The minimum atomic E-state index is 0.244. The summed E-state index contributed by atoms with van der Waals surface area (Å²) in [4.78, 5) is 6.63. The van der Waals surface area contributed by atoms with E-state index >= 15 is 0 Å². The van der Waals surface area contributed by atoms with Crippen molar-refractivity contribution in [3.05, 3.63) is 65.7 Å². The van der Waals surface area contributed by atoms with Gasteiger partial charge in [0, 0.05) is 12.1 Å². The van der Waals surface area contributed by atoms with Gasteiger partial charge in [0.1, 0.15) is 0 Å². The van der Waals surface area contributed by atoms with Gasteiger partial charge in [-0.05, 0) is 18.6 Å². The topological polar surface area (TPSA) is 41.6 Å². The van der Waals surface area contributed by atoms with Gasteiger partial charge in [-0.25, -0.2) is 4.99 Å². The van der Waals surface area contributed by atoms with Crippen LogP contribution in [0, 0.1) is 0 Å². The zero-order valence-electron chi connectivity index (χ0n) is 11.0. The first-order valence-electron chi connectivity index (χ1n) is 6.49. The Morgan fingerprint density at radius 3 is 2.53 bits per heavy atom. The van der Waals surface area contributed by atoms with Gasteiger partial charge in [-0.2, -0.15) is 0 Å². The predicted octanol–water partition coefficient (Wildman–Crippen LogP) is 3.21. The molecule has 1 atom stereocenters. The van der Waals surface area contributed by atoms with Crippen molar-refractivity contribution in [3.63, 3.8) is 0 Å². The zero-order valence-corrected chi connectivity index (χ0v) is 11.0. The minimum Gasteiger partial charge on any atom is -0.369 e. The summed E-state index contributed by atoms with van der Waals surface area (Å²) in [6.07, 6.45) is 0. The molecule has 0 aliphatic carbocycles. The fraction of sp³-hybridized carbons (Fsp3) is 0.188. The van der Waals surface area contributed by atoms with Crippen LogP contribution in [0.5, 0.6) is 0 Å². The smallest absolute Gasteiger partial charge is 0.197 e. The van der Waals surface area contributed by atoms with Gasteiger partial charge >= 0.3 is 0 Å². The molecule has 0 fully saturated rings. The van der Waals surface area contributed by atoms with E-state index in [1.165, 1.54) is 11.1 Å². The van der Waals surface area contributed by atoms with Crippen LogP contribution in [0.4, 0.5) is 5.69 Å². The number of guanidine groups is 1. The Morgan fingerprint density at radius 2 is 1.74 bits per heavy atom. The van der Waals surface area contributed by atoms with Crippen LogP contribution in [-0.4, -0.2) is 10.9 Å². The second-order valence-corrected chi connectivity index (χ2v) is 4.82. The number of rotatable bonds is 2. The highest BCUT2D eigenvalue weighted by atomic mass is 15.3. The van der Waals surface area contributed by atoms with E-state index in [0.717, 1.165) is 12.2 Å². The molecule has 0 spiro atoms. The van der Waals surface area contributed by atoms with Crippen LogP contribution in [0.2, 0.25) is 0 Å². The third-order valence-corrected chi connectivity index (χ3v) is 3.58. The number of benzene rings is 2. The molecular weight excluding hydrogens is 234 g/mol. The van der Waals surface area contributed by atoms with Gasteiger partial charge in [0.2, 0.25) is 0 Å². The summed E-state index contributed by atoms with van der Waals surface area (Å²) in [5.41, 5.74) is 9.56. The second-order valence-electron chi connectivity index (χ2n) is 4.82. The van der Waals surface area contributed by atoms with Crippen molar-refractivity contribution in [3.8, 4) is 0 Å². The number of para-hydroxylation sites is 1. The third-order valence-electron chi connectivity index (χ3n) is 3.58. The van der Waals surface area contributed by atoms with Gasteiger partial charge in [0.15, 0.2) is 5.96 Å². The first-order valence-corrected chi connectivity index (χ1v) is 6.49. The monoisotopic (exact) mass is 251 g/mol. The molecule has 2 N–H and O–H groups in total. The second kappa shape index (κ2) is 4.76. The van der Waals surface area contributed by atoms with Crippen molar-refractivity contribution >= 4 is 11.6 Å². The molecular formula is C16H17N3. The molecule has 1 aliphatic rings. The van der Waals surface area contributed by atoms with Crippen molar-refractivity contribution in [2.75, 3.05) is 0 Å². The van der Waals surface area contributed by atoms with Crippen molar-refractivity contribution in [1.29, 1.82) is 0 Å². The Balaban J connectivity index is 1.92. The van der Waals surface area contributed by atoms with Crippen molar-refractivity contribution < 1.29 is 0 Å². The number of nitrogens with zero attached hydrogens (tertiary/aromatic N) is 2. The van der Waals surface area contributed by atoms with Crippen LogP contribution in [0.1, 0.15) is 24.1 Å². The van der Waals surface area contributed by atoms with Gasteiger partial charge in [0.25, 0.3) is 0 Å². The summed E-state index contributed by atoms with van der Waals surface area (Å²) in [6.45, 7) is 2.95. The third kappa shape index (κ3) is 2.19. The molecule has 2 aromatic carbocycles. The summed E-state index contributed by atoms with van der Waals surface area (Å²) >= 11 is 0. The maximum atomic E-state index is 6.11. The highest BCUT2D eigenvalue weighted by Gasteiger charge is 2.24. The molecule has 0 saturated carbocycles. The minimum absolute atomic E-state index is 0.244.